The van der Waals surface area contributed by atoms with Crippen molar-refractivity contribution in [3.63, 3.8) is 0 Å². The minimum absolute atomic E-state index is 0.00577. The number of anilines is 2. The number of hydrazone groups is 1. The molecule has 0 saturated carbocycles. The number of benzene rings is 2. The Bertz CT molecular complexity index is 1280. The number of hydrogen-bond acceptors (Lipinski definition) is 7. The van der Waals surface area contributed by atoms with Crippen molar-refractivity contribution in [2.45, 2.75) is 19.4 Å². The van der Waals surface area contributed by atoms with E-state index in [0.29, 0.717) is 23.1 Å². The van der Waals surface area contributed by atoms with Gasteiger partial charge in [-0.2, -0.15) is 5.10 Å². The molecular weight excluding hydrogens is 408 g/mol. The third kappa shape index (κ3) is 3.68. The maximum atomic E-state index is 12.8. The molecule has 0 fully saturated rings. The van der Waals surface area contributed by atoms with Crippen LogP contribution in [-0.2, 0) is 4.79 Å². The van der Waals surface area contributed by atoms with E-state index in [2.05, 4.69) is 5.10 Å². The van der Waals surface area contributed by atoms with Crippen molar-refractivity contribution in [2.75, 3.05) is 38.0 Å². The molecule has 1 aliphatic heterocycles. The molecule has 8 nitrogen and oxygen atoms in total. The van der Waals surface area contributed by atoms with E-state index in [4.69, 9.17) is 4.42 Å². The van der Waals surface area contributed by atoms with Crippen LogP contribution in [0.5, 0.6) is 5.75 Å². The molecule has 0 saturated heterocycles. The molecule has 0 aliphatic carbocycles. The van der Waals surface area contributed by atoms with Gasteiger partial charge in [0.05, 0.1) is 17.1 Å². The van der Waals surface area contributed by atoms with Gasteiger partial charge in [-0.1, -0.05) is 12.1 Å². The number of nitrogens with zero attached hydrogens (tertiary/aromatic N) is 4. The Balaban J connectivity index is 1.76. The van der Waals surface area contributed by atoms with E-state index in [0.717, 1.165) is 16.9 Å². The highest BCUT2D eigenvalue weighted by atomic mass is 16.4. The topological polar surface area (TPSA) is 89.6 Å². The summed E-state index contributed by atoms with van der Waals surface area (Å²) in [5.41, 5.74) is 2.70. The maximum absolute atomic E-state index is 12.8. The Morgan fingerprint density at radius 3 is 2.28 bits per heavy atom. The van der Waals surface area contributed by atoms with Crippen LogP contribution in [0.4, 0.5) is 11.4 Å². The minimum Gasteiger partial charge on any atom is -0.506 e. The highest BCUT2D eigenvalue weighted by molar-refractivity contribution is 6.07. The van der Waals surface area contributed by atoms with Crippen molar-refractivity contribution in [2.24, 2.45) is 5.10 Å². The summed E-state index contributed by atoms with van der Waals surface area (Å²) < 4.78 is 5.52. The summed E-state index contributed by atoms with van der Waals surface area (Å²) in [6.45, 7) is 1.43. The number of amides is 1. The fourth-order valence-electron chi connectivity index (χ4n) is 3.91. The van der Waals surface area contributed by atoms with Crippen LogP contribution in [0.25, 0.3) is 11.0 Å². The molecule has 0 spiro atoms. The fraction of sp³-hybridized carbons (Fsp3) is 0.292. The molecule has 3 aromatic rings. The number of carbonyl (C=O) groups is 1. The van der Waals surface area contributed by atoms with Gasteiger partial charge in [0.25, 0.3) is 0 Å². The van der Waals surface area contributed by atoms with Gasteiger partial charge in [-0.05, 0) is 29.8 Å². The van der Waals surface area contributed by atoms with E-state index >= 15 is 0 Å². The number of carbonyl (C=O) groups excluding carboxylic acids is 1. The summed E-state index contributed by atoms with van der Waals surface area (Å²) in [4.78, 5) is 29.0. The Morgan fingerprint density at radius 1 is 1.06 bits per heavy atom. The molecule has 0 bridgehead atoms. The second-order valence-corrected chi connectivity index (χ2v) is 8.30. The summed E-state index contributed by atoms with van der Waals surface area (Å²) in [6.07, 6.45) is 0.292. The first kappa shape index (κ1) is 21.4. The standard InChI is InChI=1S/C24H26N4O4/c1-14(29)28-20(15-6-8-16(9-7-15)26(2)3)13-19(25-28)22-23(30)18-11-10-17(27(4)5)12-21(18)32-24(22)31/h6-12,20,30H,13H2,1-5H3. The Kier molecular flexibility index (Phi) is 5.38. The van der Waals surface area contributed by atoms with Crippen molar-refractivity contribution in [1.29, 1.82) is 0 Å². The largest absolute Gasteiger partial charge is 0.506 e. The molecule has 32 heavy (non-hydrogen) atoms. The second-order valence-electron chi connectivity index (χ2n) is 8.30. The number of hydrogen-bond donors (Lipinski definition) is 1. The molecule has 1 amide bonds. The number of aromatic hydroxyl groups is 1. The molecule has 8 heteroatoms. The summed E-state index contributed by atoms with van der Waals surface area (Å²) in [5, 5.41) is 17.1. The molecule has 2 aromatic carbocycles. The lowest BCUT2D eigenvalue weighted by atomic mass is 9.97. The summed E-state index contributed by atoms with van der Waals surface area (Å²) in [5.74, 6) is -0.436. The van der Waals surface area contributed by atoms with Crippen molar-refractivity contribution in [1.82, 2.24) is 5.01 Å². The van der Waals surface area contributed by atoms with Crippen molar-refractivity contribution < 1.29 is 14.3 Å². The van der Waals surface area contributed by atoms with E-state index in [-0.39, 0.29) is 23.3 Å². The zero-order valence-corrected chi connectivity index (χ0v) is 18.8. The maximum Gasteiger partial charge on any atom is 0.349 e. The van der Waals surface area contributed by atoms with E-state index in [1.165, 1.54) is 11.9 Å². The Morgan fingerprint density at radius 2 is 1.69 bits per heavy atom. The molecule has 1 N–H and O–H groups in total. The summed E-state index contributed by atoms with van der Waals surface area (Å²) in [6, 6.07) is 12.7. The van der Waals surface area contributed by atoms with Gasteiger partial charge in [0.2, 0.25) is 5.91 Å². The van der Waals surface area contributed by atoms with Gasteiger partial charge in [0, 0.05) is 59.0 Å². The third-order valence-electron chi connectivity index (χ3n) is 5.70. The van der Waals surface area contributed by atoms with Gasteiger partial charge in [-0.3, -0.25) is 4.79 Å². The van der Waals surface area contributed by atoms with Crippen molar-refractivity contribution >= 4 is 34.0 Å². The molecule has 0 radical (unpaired) electrons. The van der Waals surface area contributed by atoms with Gasteiger partial charge >= 0.3 is 5.63 Å². The molecule has 166 valence electrons. The van der Waals surface area contributed by atoms with Crippen LogP contribution in [0, 0.1) is 0 Å². The average molecular weight is 434 g/mol. The summed E-state index contributed by atoms with van der Waals surface area (Å²) in [7, 11) is 7.67. The van der Waals surface area contributed by atoms with Crippen LogP contribution in [0.3, 0.4) is 0 Å². The predicted octanol–water partition coefficient (Wildman–Crippen LogP) is 3.33. The zero-order chi connectivity index (χ0) is 23.2. The quantitative estimate of drug-likeness (QED) is 0.634. The Labute approximate surface area is 186 Å². The third-order valence-corrected chi connectivity index (χ3v) is 5.70. The zero-order valence-electron chi connectivity index (χ0n) is 18.8. The van der Waals surface area contributed by atoms with Crippen LogP contribution in [-0.4, -0.2) is 49.9 Å². The molecule has 2 heterocycles. The van der Waals surface area contributed by atoms with E-state index in [9.17, 15) is 14.7 Å². The lowest BCUT2D eigenvalue weighted by Crippen LogP contribution is -2.24. The fourth-order valence-corrected chi connectivity index (χ4v) is 3.91. The van der Waals surface area contributed by atoms with Crippen LogP contribution in [0.15, 0.2) is 56.8 Å². The van der Waals surface area contributed by atoms with Gasteiger partial charge < -0.3 is 19.3 Å². The van der Waals surface area contributed by atoms with Gasteiger partial charge in [-0.25, -0.2) is 9.80 Å². The van der Waals surface area contributed by atoms with Crippen LogP contribution < -0.4 is 15.4 Å². The monoisotopic (exact) mass is 434 g/mol. The molecule has 1 aromatic heterocycles. The van der Waals surface area contributed by atoms with E-state index < -0.39 is 5.63 Å². The smallest absolute Gasteiger partial charge is 0.349 e. The van der Waals surface area contributed by atoms with Gasteiger partial charge in [0.1, 0.15) is 16.9 Å². The lowest BCUT2D eigenvalue weighted by molar-refractivity contribution is -0.130. The highest BCUT2D eigenvalue weighted by Crippen LogP contribution is 2.36. The first-order chi connectivity index (χ1) is 15.2. The van der Waals surface area contributed by atoms with Crippen LogP contribution >= 0.6 is 0 Å². The second kappa shape index (κ2) is 8.03. The summed E-state index contributed by atoms with van der Waals surface area (Å²) >= 11 is 0. The highest BCUT2D eigenvalue weighted by Gasteiger charge is 2.34. The number of rotatable bonds is 4. The van der Waals surface area contributed by atoms with E-state index in [1.807, 2.05) is 68.3 Å². The molecule has 1 atom stereocenters. The molecule has 4 rings (SSSR count). The van der Waals surface area contributed by atoms with Crippen LogP contribution in [0.2, 0.25) is 0 Å². The SMILES string of the molecule is CC(=O)N1N=C(c2c(O)c3ccc(N(C)C)cc3oc2=O)CC1c1ccc(N(C)C)cc1. The molecule has 1 unspecified atom stereocenters. The average Bonchev–Trinajstić information content (AvgIpc) is 3.18. The van der Waals surface area contributed by atoms with Crippen molar-refractivity contribution in [3.8, 4) is 5.75 Å². The Hall–Kier alpha value is -3.81. The van der Waals surface area contributed by atoms with Gasteiger partial charge in [-0.15, -0.1) is 0 Å². The first-order valence-corrected chi connectivity index (χ1v) is 10.3. The first-order valence-electron chi connectivity index (χ1n) is 10.3. The van der Waals surface area contributed by atoms with E-state index in [1.54, 1.807) is 12.1 Å². The normalized spacial score (nSPS) is 15.7. The van der Waals surface area contributed by atoms with Gasteiger partial charge in [0.15, 0.2) is 0 Å². The van der Waals surface area contributed by atoms with Crippen molar-refractivity contribution in [3.05, 3.63) is 64.0 Å². The predicted molar refractivity (Wildman–Crippen MR) is 126 cm³/mol. The van der Waals surface area contributed by atoms with Crippen LogP contribution in [0.1, 0.15) is 30.5 Å². The lowest BCUT2D eigenvalue weighted by Gasteiger charge is -2.21. The molecule has 1 aliphatic rings. The number of fused-ring (bicyclic) bond motifs is 1. The minimum atomic E-state index is -0.684. The molecular formula is C24H26N4O4.